The molecule has 0 fully saturated rings. The lowest BCUT2D eigenvalue weighted by molar-refractivity contribution is 0.187. The summed E-state index contributed by atoms with van der Waals surface area (Å²) >= 11 is 0. The van der Waals surface area contributed by atoms with E-state index in [2.05, 4.69) is 4.98 Å². The molecule has 0 aliphatic rings. The Hall–Kier alpha value is -2.33. The van der Waals surface area contributed by atoms with Gasteiger partial charge in [0, 0.05) is 5.69 Å². The van der Waals surface area contributed by atoms with Crippen LogP contribution in [0.5, 0.6) is 0 Å². The number of fused-ring (bicyclic) bond motifs is 1. The minimum Gasteiger partial charge on any atom is -0.399 e. The summed E-state index contributed by atoms with van der Waals surface area (Å²) < 4.78 is 1.99. The molecule has 3 aromatic rings. The molecule has 0 bridgehead atoms. The van der Waals surface area contributed by atoms with Crippen molar-refractivity contribution in [3.05, 3.63) is 53.9 Å². The zero-order chi connectivity index (χ0) is 14.3. The third kappa shape index (κ3) is 1.94. The molecule has 0 spiro atoms. The average molecular weight is 267 g/mol. The van der Waals surface area contributed by atoms with Crippen LogP contribution in [0.2, 0.25) is 0 Å². The van der Waals surface area contributed by atoms with E-state index in [0.29, 0.717) is 11.5 Å². The van der Waals surface area contributed by atoms with Gasteiger partial charge in [-0.2, -0.15) is 0 Å². The number of para-hydroxylation sites is 1. The van der Waals surface area contributed by atoms with Gasteiger partial charge in [-0.3, -0.25) is 4.57 Å². The standard InChI is InChI=1S/C16H17N3O/c1-10-5-3-4-6-14(10)19-15-8-7-12(17)9-13(15)18-16(19)11(2)20/h3-9,11,20H,17H2,1-2H3. The number of benzene rings is 2. The molecule has 3 N–H and O–H groups in total. The second kappa shape index (κ2) is 4.65. The molecule has 1 unspecified atom stereocenters. The van der Waals surface area contributed by atoms with Crippen molar-refractivity contribution in [3.8, 4) is 5.69 Å². The minimum absolute atomic E-state index is 0.625. The van der Waals surface area contributed by atoms with E-state index >= 15 is 0 Å². The summed E-state index contributed by atoms with van der Waals surface area (Å²) in [5.41, 5.74) is 10.4. The lowest BCUT2D eigenvalue weighted by atomic mass is 10.2. The zero-order valence-corrected chi connectivity index (χ0v) is 11.5. The topological polar surface area (TPSA) is 64.1 Å². The minimum atomic E-state index is -0.650. The third-order valence-electron chi connectivity index (χ3n) is 3.43. The molecule has 0 aliphatic heterocycles. The molecule has 1 atom stereocenters. The maximum Gasteiger partial charge on any atom is 0.143 e. The molecular weight excluding hydrogens is 250 g/mol. The van der Waals surface area contributed by atoms with Gasteiger partial charge < -0.3 is 10.8 Å². The smallest absolute Gasteiger partial charge is 0.143 e. The maximum atomic E-state index is 10.0. The fourth-order valence-corrected chi connectivity index (χ4v) is 2.46. The number of aliphatic hydroxyl groups is 1. The van der Waals surface area contributed by atoms with E-state index in [1.54, 1.807) is 6.92 Å². The van der Waals surface area contributed by atoms with Gasteiger partial charge in [0.05, 0.1) is 16.7 Å². The second-order valence-electron chi connectivity index (χ2n) is 5.02. The van der Waals surface area contributed by atoms with Crippen molar-refractivity contribution in [1.82, 2.24) is 9.55 Å². The summed E-state index contributed by atoms with van der Waals surface area (Å²) in [6.07, 6.45) is -0.650. The van der Waals surface area contributed by atoms with Crippen LogP contribution >= 0.6 is 0 Å². The van der Waals surface area contributed by atoms with Crippen molar-refractivity contribution >= 4 is 16.7 Å². The Bertz CT molecular complexity index is 774. The zero-order valence-electron chi connectivity index (χ0n) is 11.5. The number of hydrogen-bond acceptors (Lipinski definition) is 3. The van der Waals surface area contributed by atoms with E-state index in [1.165, 1.54) is 0 Å². The van der Waals surface area contributed by atoms with Crippen LogP contribution in [0.1, 0.15) is 24.4 Å². The Labute approximate surface area is 117 Å². The number of anilines is 1. The van der Waals surface area contributed by atoms with Crippen molar-refractivity contribution < 1.29 is 5.11 Å². The summed E-state index contributed by atoms with van der Waals surface area (Å²) in [7, 11) is 0. The van der Waals surface area contributed by atoms with E-state index < -0.39 is 6.10 Å². The molecule has 4 nitrogen and oxygen atoms in total. The van der Waals surface area contributed by atoms with Crippen LogP contribution in [0, 0.1) is 6.92 Å². The van der Waals surface area contributed by atoms with Gasteiger partial charge in [0.1, 0.15) is 11.9 Å². The fraction of sp³-hybridized carbons (Fsp3) is 0.188. The summed E-state index contributed by atoms with van der Waals surface area (Å²) in [5, 5.41) is 10.0. The van der Waals surface area contributed by atoms with Gasteiger partial charge in [0.15, 0.2) is 0 Å². The lowest BCUT2D eigenvalue weighted by Crippen LogP contribution is -2.06. The number of rotatable bonds is 2. The molecular formula is C16H17N3O. The number of nitrogen functional groups attached to an aromatic ring is 1. The molecule has 2 aromatic carbocycles. The number of hydrogen-bond donors (Lipinski definition) is 2. The van der Waals surface area contributed by atoms with Crippen LogP contribution in [-0.2, 0) is 0 Å². The van der Waals surface area contributed by atoms with Gasteiger partial charge in [0.2, 0.25) is 0 Å². The van der Waals surface area contributed by atoms with Crippen LogP contribution in [0.4, 0.5) is 5.69 Å². The average Bonchev–Trinajstić information content (AvgIpc) is 2.78. The van der Waals surface area contributed by atoms with E-state index in [1.807, 2.05) is 54.0 Å². The van der Waals surface area contributed by atoms with Crippen molar-refractivity contribution in [2.75, 3.05) is 5.73 Å². The molecule has 20 heavy (non-hydrogen) atoms. The second-order valence-corrected chi connectivity index (χ2v) is 5.02. The summed E-state index contributed by atoms with van der Waals surface area (Å²) in [6.45, 7) is 3.77. The highest BCUT2D eigenvalue weighted by molar-refractivity contribution is 5.81. The van der Waals surface area contributed by atoms with Crippen LogP contribution in [0.15, 0.2) is 42.5 Å². The molecule has 0 saturated carbocycles. The molecule has 0 radical (unpaired) electrons. The number of aromatic nitrogens is 2. The quantitative estimate of drug-likeness (QED) is 0.702. The number of nitrogens with two attached hydrogens (primary N) is 1. The monoisotopic (exact) mass is 267 g/mol. The largest absolute Gasteiger partial charge is 0.399 e. The van der Waals surface area contributed by atoms with E-state index in [4.69, 9.17) is 5.73 Å². The highest BCUT2D eigenvalue weighted by atomic mass is 16.3. The summed E-state index contributed by atoms with van der Waals surface area (Å²) in [4.78, 5) is 4.52. The number of aryl methyl sites for hydroxylation is 1. The van der Waals surface area contributed by atoms with Crippen LogP contribution in [0.3, 0.4) is 0 Å². The molecule has 4 heteroatoms. The van der Waals surface area contributed by atoms with Crippen molar-refractivity contribution in [3.63, 3.8) is 0 Å². The Morgan fingerprint density at radius 2 is 1.95 bits per heavy atom. The van der Waals surface area contributed by atoms with E-state index in [0.717, 1.165) is 22.3 Å². The molecule has 102 valence electrons. The fourth-order valence-electron chi connectivity index (χ4n) is 2.46. The third-order valence-corrected chi connectivity index (χ3v) is 3.43. The molecule has 1 aromatic heterocycles. The highest BCUT2D eigenvalue weighted by Gasteiger charge is 2.17. The predicted molar refractivity (Wildman–Crippen MR) is 80.9 cm³/mol. The first-order chi connectivity index (χ1) is 9.58. The Morgan fingerprint density at radius 1 is 1.20 bits per heavy atom. The molecule has 3 rings (SSSR count). The first-order valence-electron chi connectivity index (χ1n) is 6.60. The Morgan fingerprint density at radius 3 is 2.65 bits per heavy atom. The highest BCUT2D eigenvalue weighted by Crippen LogP contribution is 2.27. The molecule has 0 aliphatic carbocycles. The number of aliphatic hydroxyl groups excluding tert-OH is 1. The van der Waals surface area contributed by atoms with Gasteiger partial charge in [-0.05, 0) is 43.7 Å². The molecule has 1 heterocycles. The predicted octanol–water partition coefficient (Wildman–Crippen LogP) is 2.97. The van der Waals surface area contributed by atoms with Crippen LogP contribution in [-0.4, -0.2) is 14.7 Å². The first kappa shape index (κ1) is 12.7. The van der Waals surface area contributed by atoms with Gasteiger partial charge in [0.25, 0.3) is 0 Å². The van der Waals surface area contributed by atoms with E-state index in [-0.39, 0.29) is 0 Å². The van der Waals surface area contributed by atoms with Crippen molar-refractivity contribution in [2.45, 2.75) is 20.0 Å². The maximum absolute atomic E-state index is 10.0. The normalized spacial score (nSPS) is 12.8. The summed E-state index contributed by atoms with van der Waals surface area (Å²) in [6, 6.07) is 13.7. The number of nitrogens with zero attached hydrogens (tertiary/aromatic N) is 2. The van der Waals surface area contributed by atoms with Crippen molar-refractivity contribution in [1.29, 1.82) is 0 Å². The van der Waals surface area contributed by atoms with Crippen molar-refractivity contribution in [2.24, 2.45) is 0 Å². The summed E-state index contributed by atoms with van der Waals surface area (Å²) in [5.74, 6) is 0.625. The van der Waals surface area contributed by atoms with Gasteiger partial charge in [-0.15, -0.1) is 0 Å². The Balaban J connectivity index is 2.38. The number of imidazole rings is 1. The SMILES string of the molecule is Cc1ccccc1-n1c(C(C)O)nc2cc(N)ccc21. The Kier molecular flexibility index (Phi) is 2.95. The molecule has 0 amide bonds. The molecule has 0 saturated heterocycles. The van der Waals surface area contributed by atoms with E-state index in [9.17, 15) is 5.11 Å². The van der Waals surface area contributed by atoms with Crippen LogP contribution < -0.4 is 5.73 Å². The van der Waals surface area contributed by atoms with Crippen LogP contribution in [0.25, 0.3) is 16.7 Å². The van der Waals surface area contributed by atoms with Gasteiger partial charge in [-0.1, -0.05) is 18.2 Å². The van der Waals surface area contributed by atoms with Gasteiger partial charge >= 0.3 is 0 Å². The van der Waals surface area contributed by atoms with Gasteiger partial charge in [-0.25, -0.2) is 4.98 Å². The lowest BCUT2D eigenvalue weighted by Gasteiger charge is -2.13. The first-order valence-corrected chi connectivity index (χ1v) is 6.60.